The summed E-state index contributed by atoms with van der Waals surface area (Å²) in [5, 5.41) is 12.0. The SMILES string of the molecule is Cc1c(F)cccc1Oc1ncc(Cl)cc1C(=O)N[C@@H](C)c1ccc(C(=O)O)cc1. The molecule has 0 bridgehead atoms. The highest BCUT2D eigenvalue weighted by atomic mass is 35.5. The number of halogens is 2. The predicted octanol–water partition coefficient (Wildman–Crippen LogP) is 5.16. The van der Waals surface area contributed by atoms with E-state index in [-0.39, 0.29) is 33.3 Å². The van der Waals surface area contributed by atoms with E-state index in [1.165, 1.54) is 36.5 Å². The first-order valence-corrected chi connectivity index (χ1v) is 9.36. The number of hydrogen-bond donors (Lipinski definition) is 2. The molecule has 3 rings (SSSR count). The summed E-state index contributed by atoms with van der Waals surface area (Å²) in [6.07, 6.45) is 1.33. The van der Waals surface area contributed by atoms with Crippen LogP contribution >= 0.6 is 11.6 Å². The quantitative estimate of drug-likeness (QED) is 0.565. The monoisotopic (exact) mass is 428 g/mol. The molecule has 0 saturated carbocycles. The minimum absolute atomic E-state index is 0.0148. The number of amides is 1. The van der Waals surface area contributed by atoms with Gasteiger partial charge in [0.05, 0.1) is 16.6 Å². The first kappa shape index (κ1) is 21.3. The predicted molar refractivity (Wildman–Crippen MR) is 110 cm³/mol. The van der Waals surface area contributed by atoms with E-state index >= 15 is 0 Å². The number of carboxylic acids is 1. The standard InChI is InChI=1S/C22H18ClFN2O4/c1-12-18(24)4-3-5-19(12)30-21-17(10-16(23)11-25-21)20(27)26-13(2)14-6-8-15(9-7-14)22(28)29/h3-11,13H,1-2H3,(H,26,27)(H,28,29)/t13-/m0/s1. The molecule has 0 fully saturated rings. The van der Waals surface area contributed by atoms with E-state index in [0.29, 0.717) is 5.56 Å². The van der Waals surface area contributed by atoms with Crippen molar-refractivity contribution in [3.8, 4) is 11.6 Å². The van der Waals surface area contributed by atoms with Gasteiger partial charge in [0.2, 0.25) is 5.88 Å². The number of aromatic nitrogens is 1. The Morgan fingerprint density at radius 1 is 1.20 bits per heavy atom. The number of nitrogens with zero attached hydrogens (tertiary/aromatic N) is 1. The fourth-order valence-corrected chi connectivity index (χ4v) is 2.90. The van der Waals surface area contributed by atoms with Gasteiger partial charge in [-0.3, -0.25) is 4.79 Å². The van der Waals surface area contributed by atoms with E-state index in [1.807, 2.05) is 0 Å². The molecule has 2 aromatic carbocycles. The second-order valence-corrected chi connectivity index (χ2v) is 7.03. The van der Waals surface area contributed by atoms with Crippen LogP contribution in [0.2, 0.25) is 5.02 Å². The lowest BCUT2D eigenvalue weighted by Crippen LogP contribution is -2.27. The lowest BCUT2D eigenvalue weighted by atomic mass is 10.1. The summed E-state index contributed by atoms with van der Waals surface area (Å²) in [6, 6.07) is 11.5. The van der Waals surface area contributed by atoms with E-state index in [9.17, 15) is 14.0 Å². The van der Waals surface area contributed by atoms with Crippen molar-refractivity contribution in [1.29, 1.82) is 0 Å². The molecular formula is C22H18ClFN2O4. The van der Waals surface area contributed by atoms with Gasteiger partial charge in [0, 0.05) is 11.8 Å². The third-order valence-corrected chi connectivity index (χ3v) is 4.70. The van der Waals surface area contributed by atoms with Gasteiger partial charge in [-0.05, 0) is 49.7 Å². The van der Waals surface area contributed by atoms with Crippen molar-refractivity contribution in [3.63, 3.8) is 0 Å². The summed E-state index contributed by atoms with van der Waals surface area (Å²) in [4.78, 5) is 27.9. The first-order valence-electron chi connectivity index (χ1n) is 8.99. The van der Waals surface area contributed by atoms with Crippen LogP contribution in [0.4, 0.5) is 4.39 Å². The van der Waals surface area contributed by atoms with E-state index in [1.54, 1.807) is 32.0 Å². The van der Waals surface area contributed by atoms with Gasteiger partial charge in [-0.2, -0.15) is 0 Å². The topological polar surface area (TPSA) is 88.5 Å². The molecule has 3 aromatic rings. The third-order valence-electron chi connectivity index (χ3n) is 4.49. The smallest absolute Gasteiger partial charge is 0.335 e. The van der Waals surface area contributed by atoms with Gasteiger partial charge in [0.25, 0.3) is 5.91 Å². The van der Waals surface area contributed by atoms with Gasteiger partial charge in [0.1, 0.15) is 17.1 Å². The Kier molecular flexibility index (Phi) is 6.32. The van der Waals surface area contributed by atoms with Gasteiger partial charge < -0.3 is 15.2 Å². The highest BCUT2D eigenvalue weighted by Crippen LogP contribution is 2.29. The van der Waals surface area contributed by atoms with E-state index in [0.717, 1.165) is 0 Å². The molecule has 30 heavy (non-hydrogen) atoms. The fraction of sp³-hybridized carbons (Fsp3) is 0.136. The van der Waals surface area contributed by atoms with Gasteiger partial charge in [-0.25, -0.2) is 14.2 Å². The van der Waals surface area contributed by atoms with E-state index in [2.05, 4.69) is 10.3 Å². The number of pyridine rings is 1. The summed E-state index contributed by atoms with van der Waals surface area (Å²) < 4.78 is 19.5. The van der Waals surface area contributed by atoms with Crippen LogP contribution in [0.3, 0.4) is 0 Å². The summed E-state index contributed by atoms with van der Waals surface area (Å²) in [5.41, 5.74) is 1.23. The maximum Gasteiger partial charge on any atom is 0.335 e. The number of rotatable bonds is 6. The summed E-state index contributed by atoms with van der Waals surface area (Å²) in [5.74, 6) is -1.75. The Morgan fingerprint density at radius 3 is 2.57 bits per heavy atom. The van der Waals surface area contributed by atoms with Crippen molar-refractivity contribution in [2.24, 2.45) is 0 Å². The van der Waals surface area contributed by atoms with Crippen LogP contribution in [0.1, 0.15) is 44.8 Å². The molecule has 8 heteroatoms. The lowest BCUT2D eigenvalue weighted by Gasteiger charge is -2.17. The molecule has 0 radical (unpaired) electrons. The summed E-state index contributed by atoms with van der Waals surface area (Å²) in [7, 11) is 0. The van der Waals surface area contributed by atoms with Gasteiger partial charge >= 0.3 is 5.97 Å². The lowest BCUT2D eigenvalue weighted by molar-refractivity contribution is 0.0696. The molecule has 1 amide bonds. The summed E-state index contributed by atoms with van der Waals surface area (Å²) in [6.45, 7) is 3.31. The second kappa shape index (κ2) is 8.92. The highest BCUT2D eigenvalue weighted by Gasteiger charge is 2.19. The normalized spacial score (nSPS) is 11.6. The number of benzene rings is 2. The minimum Gasteiger partial charge on any atom is -0.478 e. The minimum atomic E-state index is -1.03. The average Bonchev–Trinajstić information content (AvgIpc) is 2.72. The maximum atomic E-state index is 13.8. The van der Waals surface area contributed by atoms with Crippen LogP contribution in [0.25, 0.3) is 0 Å². The fourth-order valence-electron chi connectivity index (χ4n) is 2.75. The van der Waals surface area contributed by atoms with Gasteiger partial charge in [-0.15, -0.1) is 0 Å². The largest absolute Gasteiger partial charge is 0.478 e. The molecule has 0 unspecified atom stereocenters. The maximum absolute atomic E-state index is 13.8. The molecule has 0 spiro atoms. The molecule has 6 nitrogen and oxygen atoms in total. The molecule has 0 saturated heterocycles. The van der Waals surface area contributed by atoms with Crippen molar-refractivity contribution in [2.45, 2.75) is 19.9 Å². The Morgan fingerprint density at radius 2 is 1.90 bits per heavy atom. The molecule has 1 aromatic heterocycles. The zero-order valence-electron chi connectivity index (χ0n) is 16.1. The van der Waals surface area contributed by atoms with Gasteiger partial charge in [-0.1, -0.05) is 29.8 Å². The van der Waals surface area contributed by atoms with Crippen molar-refractivity contribution < 1.29 is 23.8 Å². The Labute approximate surface area is 177 Å². The number of ether oxygens (including phenoxy) is 1. The van der Waals surface area contributed by atoms with Crippen LogP contribution in [0.5, 0.6) is 11.6 Å². The highest BCUT2D eigenvalue weighted by molar-refractivity contribution is 6.30. The van der Waals surface area contributed by atoms with Crippen LogP contribution in [-0.4, -0.2) is 22.0 Å². The number of nitrogens with one attached hydrogen (secondary N) is 1. The average molecular weight is 429 g/mol. The van der Waals surface area contributed by atoms with Crippen LogP contribution in [0, 0.1) is 12.7 Å². The van der Waals surface area contributed by atoms with E-state index in [4.69, 9.17) is 21.4 Å². The van der Waals surface area contributed by atoms with Crippen molar-refractivity contribution >= 4 is 23.5 Å². The molecule has 1 heterocycles. The zero-order chi connectivity index (χ0) is 21.8. The molecule has 0 aliphatic carbocycles. The Bertz CT molecular complexity index is 1100. The molecule has 154 valence electrons. The molecule has 0 aliphatic rings. The van der Waals surface area contributed by atoms with Crippen LogP contribution < -0.4 is 10.1 Å². The van der Waals surface area contributed by atoms with Crippen molar-refractivity contribution in [3.05, 3.63) is 87.8 Å². The molecular weight excluding hydrogens is 411 g/mol. The number of carbonyl (C=O) groups excluding carboxylic acids is 1. The van der Waals surface area contributed by atoms with Gasteiger partial charge in [0.15, 0.2) is 0 Å². The van der Waals surface area contributed by atoms with Crippen molar-refractivity contribution in [2.75, 3.05) is 0 Å². The van der Waals surface area contributed by atoms with Crippen molar-refractivity contribution in [1.82, 2.24) is 10.3 Å². The Balaban J connectivity index is 1.83. The second-order valence-electron chi connectivity index (χ2n) is 6.59. The van der Waals surface area contributed by atoms with Crippen LogP contribution in [0.15, 0.2) is 54.7 Å². The molecule has 1 atom stereocenters. The number of aromatic carboxylic acids is 1. The Hall–Kier alpha value is -3.45. The first-order chi connectivity index (χ1) is 14.3. The summed E-state index contributed by atoms with van der Waals surface area (Å²) >= 11 is 6.01. The number of carboxylic acid groups (broad SMARTS) is 1. The van der Waals surface area contributed by atoms with Crippen LogP contribution in [-0.2, 0) is 0 Å². The molecule has 0 aliphatic heterocycles. The third kappa shape index (κ3) is 4.75. The number of hydrogen-bond acceptors (Lipinski definition) is 4. The zero-order valence-corrected chi connectivity index (χ0v) is 16.9. The molecule has 2 N–H and O–H groups in total. The van der Waals surface area contributed by atoms with E-state index < -0.39 is 23.7 Å². The number of carbonyl (C=O) groups is 2.